The van der Waals surface area contributed by atoms with Crippen LogP contribution in [0.1, 0.15) is 30.8 Å². The van der Waals surface area contributed by atoms with Crippen LogP contribution in [-0.2, 0) is 13.0 Å². The average Bonchev–Trinajstić information content (AvgIpc) is 2.42. The maximum Gasteiger partial charge on any atom is 0.0628 e. The van der Waals surface area contributed by atoms with Gasteiger partial charge >= 0.3 is 0 Å². The molecule has 0 saturated carbocycles. The largest absolute Gasteiger partial charge is 0.396 e. The highest BCUT2D eigenvalue weighted by molar-refractivity contribution is 5.24. The number of aromatic nitrogens is 2. The van der Waals surface area contributed by atoms with Crippen molar-refractivity contribution in [2.45, 2.75) is 40.7 Å². The zero-order chi connectivity index (χ0) is 10.7. The fourth-order valence-electron chi connectivity index (χ4n) is 1.78. The second-order valence-corrected chi connectivity index (χ2v) is 3.97. The van der Waals surface area contributed by atoms with Crippen LogP contribution in [0.15, 0.2) is 0 Å². The van der Waals surface area contributed by atoms with Crippen LogP contribution in [0.3, 0.4) is 0 Å². The second kappa shape index (κ2) is 4.60. The van der Waals surface area contributed by atoms with Gasteiger partial charge in [-0.15, -0.1) is 0 Å². The zero-order valence-electron chi connectivity index (χ0n) is 9.54. The molecule has 1 heterocycles. The fourth-order valence-corrected chi connectivity index (χ4v) is 1.78. The Hall–Kier alpha value is -0.830. The summed E-state index contributed by atoms with van der Waals surface area (Å²) >= 11 is 0. The number of nitrogens with zero attached hydrogens (tertiary/aromatic N) is 2. The van der Waals surface area contributed by atoms with Gasteiger partial charge in [0.25, 0.3) is 0 Å². The van der Waals surface area contributed by atoms with Gasteiger partial charge in [-0.1, -0.05) is 13.8 Å². The Bertz CT molecular complexity index is 304. The minimum absolute atomic E-state index is 0.222. The first-order valence-corrected chi connectivity index (χ1v) is 5.23. The molecule has 1 unspecified atom stereocenters. The van der Waals surface area contributed by atoms with Crippen molar-refractivity contribution in [2.75, 3.05) is 6.61 Å². The summed E-state index contributed by atoms with van der Waals surface area (Å²) < 4.78 is 2.01. The van der Waals surface area contributed by atoms with Crippen LogP contribution in [0.25, 0.3) is 0 Å². The zero-order valence-corrected chi connectivity index (χ0v) is 9.54. The molecule has 1 aromatic rings. The van der Waals surface area contributed by atoms with Crippen molar-refractivity contribution in [3.8, 4) is 0 Å². The maximum atomic E-state index is 8.98. The Balaban J connectivity index is 2.88. The normalized spacial score (nSPS) is 13.2. The van der Waals surface area contributed by atoms with E-state index in [1.54, 1.807) is 0 Å². The molecule has 0 radical (unpaired) electrons. The van der Waals surface area contributed by atoms with Gasteiger partial charge in [0, 0.05) is 18.8 Å². The molecule has 0 aliphatic heterocycles. The van der Waals surface area contributed by atoms with Crippen molar-refractivity contribution in [3.63, 3.8) is 0 Å². The number of aliphatic hydroxyl groups excluding tert-OH is 1. The van der Waals surface area contributed by atoms with Crippen molar-refractivity contribution in [2.24, 2.45) is 5.92 Å². The van der Waals surface area contributed by atoms with Crippen LogP contribution in [-0.4, -0.2) is 21.5 Å². The van der Waals surface area contributed by atoms with Gasteiger partial charge in [-0.2, -0.15) is 5.10 Å². The topological polar surface area (TPSA) is 38.0 Å². The molecule has 14 heavy (non-hydrogen) atoms. The lowest BCUT2D eigenvalue weighted by Gasteiger charge is -2.09. The van der Waals surface area contributed by atoms with Crippen molar-refractivity contribution >= 4 is 0 Å². The maximum absolute atomic E-state index is 8.98. The van der Waals surface area contributed by atoms with Crippen LogP contribution >= 0.6 is 0 Å². The first-order valence-electron chi connectivity index (χ1n) is 5.23. The third-order valence-electron chi connectivity index (χ3n) is 2.68. The first-order chi connectivity index (χ1) is 6.60. The van der Waals surface area contributed by atoms with Gasteiger partial charge in [-0.25, -0.2) is 0 Å². The van der Waals surface area contributed by atoms with Gasteiger partial charge in [-0.3, -0.25) is 4.68 Å². The van der Waals surface area contributed by atoms with Crippen LogP contribution in [0.5, 0.6) is 0 Å². The summed E-state index contributed by atoms with van der Waals surface area (Å²) in [7, 11) is 0. The van der Waals surface area contributed by atoms with E-state index >= 15 is 0 Å². The monoisotopic (exact) mass is 196 g/mol. The molecule has 0 amide bonds. The van der Waals surface area contributed by atoms with Crippen molar-refractivity contribution in [1.82, 2.24) is 9.78 Å². The summed E-state index contributed by atoms with van der Waals surface area (Å²) in [6.45, 7) is 9.36. The summed E-state index contributed by atoms with van der Waals surface area (Å²) in [5, 5.41) is 13.5. The summed E-state index contributed by atoms with van der Waals surface area (Å²) in [5.41, 5.74) is 3.70. The van der Waals surface area contributed by atoms with E-state index < -0.39 is 0 Å². The Labute approximate surface area is 85.8 Å². The summed E-state index contributed by atoms with van der Waals surface area (Å²) in [6, 6.07) is 0. The van der Waals surface area contributed by atoms with E-state index in [9.17, 15) is 0 Å². The first kappa shape index (κ1) is 11.2. The predicted molar refractivity (Wildman–Crippen MR) is 57.3 cm³/mol. The van der Waals surface area contributed by atoms with E-state index in [1.165, 1.54) is 11.3 Å². The van der Waals surface area contributed by atoms with Gasteiger partial charge < -0.3 is 5.11 Å². The van der Waals surface area contributed by atoms with E-state index in [0.717, 1.165) is 18.7 Å². The highest BCUT2D eigenvalue weighted by atomic mass is 16.3. The molecule has 3 nitrogen and oxygen atoms in total. The van der Waals surface area contributed by atoms with Crippen molar-refractivity contribution in [3.05, 3.63) is 17.0 Å². The molecule has 0 fully saturated rings. The Morgan fingerprint density at radius 2 is 2.07 bits per heavy atom. The Kier molecular flexibility index (Phi) is 3.69. The molecular formula is C11H20N2O. The van der Waals surface area contributed by atoms with Gasteiger partial charge in [0.1, 0.15) is 0 Å². The minimum atomic E-state index is 0.222. The molecule has 1 aromatic heterocycles. The predicted octanol–water partition coefficient (Wildman–Crippen LogP) is 1.69. The third kappa shape index (κ3) is 2.15. The molecule has 0 saturated heterocycles. The number of aliphatic hydroxyl groups is 1. The van der Waals surface area contributed by atoms with Gasteiger partial charge in [0.2, 0.25) is 0 Å². The molecule has 1 atom stereocenters. The van der Waals surface area contributed by atoms with Gasteiger partial charge in [-0.05, 0) is 31.7 Å². The summed E-state index contributed by atoms with van der Waals surface area (Å²) in [4.78, 5) is 0. The number of hydrogen-bond acceptors (Lipinski definition) is 2. The van der Waals surface area contributed by atoms with Crippen molar-refractivity contribution in [1.29, 1.82) is 0 Å². The molecule has 3 heteroatoms. The summed E-state index contributed by atoms with van der Waals surface area (Å²) in [6.07, 6.45) is 1.03. The van der Waals surface area contributed by atoms with E-state index in [0.29, 0.717) is 0 Å². The molecule has 1 N–H and O–H groups in total. The average molecular weight is 196 g/mol. The lowest BCUT2D eigenvalue weighted by atomic mass is 10.1. The molecule has 80 valence electrons. The molecule has 0 bridgehead atoms. The van der Waals surface area contributed by atoms with Crippen LogP contribution in [0.2, 0.25) is 0 Å². The Morgan fingerprint density at radius 3 is 2.50 bits per heavy atom. The Morgan fingerprint density at radius 1 is 1.43 bits per heavy atom. The molecule has 0 aromatic carbocycles. The minimum Gasteiger partial charge on any atom is -0.396 e. The molecule has 0 spiro atoms. The lowest BCUT2D eigenvalue weighted by Crippen LogP contribution is -2.13. The highest BCUT2D eigenvalue weighted by Gasteiger charge is 2.11. The quantitative estimate of drug-likeness (QED) is 0.795. The highest BCUT2D eigenvalue weighted by Crippen LogP contribution is 2.14. The van der Waals surface area contributed by atoms with Crippen LogP contribution in [0.4, 0.5) is 0 Å². The number of hydrogen-bond donors (Lipinski definition) is 1. The lowest BCUT2D eigenvalue weighted by molar-refractivity contribution is 0.218. The number of rotatable bonds is 4. The van der Waals surface area contributed by atoms with E-state index in [2.05, 4.69) is 18.9 Å². The fraction of sp³-hybridized carbons (Fsp3) is 0.727. The molecule has 0 aliphatic rings. The van der Waals surface area contributed by atoms with Crippen LogP contribution in [0, 0.1) is 19.8 Å². The summed E-state index contributed by atoms with van der Waals surface area (Å²) in [5.74, 6) is 0.276. The molecule has 1 rings (SSSR count). The number of aryl methyl sites for hydroxylation is 1. The smallest absolute Gasteiger partial charge is 0.0628 e. The second-order valence-electron chi connectivity index (χ2n) is 3.97. The van der Waals surface area contributed by atoms with Crippen LogP contribution < -0.4 is 0 Å². The SMILES string of the molecule is CCc1c(C)nn(CC(C)CO)c1C. The van der Waals surface area contributed by atoms with E-state index in [-0.39, 0.29) is 12.5 Å². The standard InChI is InChI=1S/C11H20N2O/c1-5-11-9(3)12-13(10(11)4)6-8(2)7-14/h8,14H,5-7H2,1-4H3. The van der Waals surface area contributed by atoms with Gasteiger partial charge in [0.15, 0.2) is 0 Å². The molecular weight excluding hydrogens is 176 g/mol. The van der Waals surface area contributed by atoms with Crippen molar-refractivity contribution < 1.29 is 5.11 Å². The van der Waals surface area contributed by atoms with Gasteiger partial charge in [0.05, 0.1) is 5.69 Å². The van der Waals surface area contributed by atoms with E-state index in [4.69, 9.17) is 5.11 Å². The molecule has 0 aliphatic carbocycles. The van der Waals surface area contributed by atoms with E-state index in [1.807, 2.05) is 18.5 Å². The third-order valence-corrected chi connectivity index (χ3v) is 2.68.